The SMILES string of the molecule is O=c1c2ccc3c(F)ccc(F)c3[n+]2[nH]n1-c1ccc(C(F)(F)F)cc1. The van der Waals surface area contributed by atoms with Crippen molar-refractivity contribution in [3.8, 4) is 5.69 Å². The monoisotopic (exact) mass is 366 g/mol. The van der Waals surface area contributed by atoms with Crippen LogP contribution < -0.4 is 10.1 Å². The number of aromatic amines is 1. The van der Waals surface area contributed by atoms with Crippen molar-refractivity contribution in [3.05, 3.63) is 76.1 Å². The molecule has 0 aliphatic heterocycles. The van der Waals surface area contributed by atoms with Crippen molar-refractivity contribution >= 4 is 16.4 Å². The van der Waals surface area contributed by atoms with Crippen molar-refractivity contribution in [1.29, 1.82) is 0 Å². The van der Waals surface area contributed by atoms with E-state index in [1.54, 1.807) is 0 Å². The van der Waals surface area contributed by atoms with E-state index < -0.39 is 28.9 Å². The summed E-state index contributed by atoms with van der Waals surface area (Å²) in [7, 11) is 0. The maximum absolute atomic E-state index is 14.2. The number of aromatic nitrogens is 3. The third kappa shape index (κ3) is 2.35. The smallest absolute Gasteiger partial charge is 0.234 e. The number of fused-ring (bicyclic) bond motifs is 3. The standard InChI is InChI=1S/C17H8F5N3O/c18-12-6-7-13(19)15-11(12)5-8-14-16(26)24(23-25(14)15)10-3-1-9(2-4-10)17(20,21)22/h1-8H/p+1. The number of pyridine rings is 1. The molecule has 0 saturated carbocycles. The fourth-order valence-electron chi connectivity index (χ4n) is 2.81. The van der Waals surface area contributed by atoms with Gasteiger partial charge in [0, 0.05) is 0 Å². The van der Waals surface area contributed by atoms with Crippen LogP contribution in [0.1, 0.15) is 5.56 Å². The van der Waals surface area contributed by atoms with Gasteiger partial charge >= 0.3 is 11.7 Å². The van der Waals surface area contributed by atoms with Gasteiger partial charge < -0.3 is 0 Å². The van der Waals surface area contributed by atoms with Crippen molar-refractivity contribution in [2.24, 2.45) is 0 Å². The van der Waals surface area contributed by atoms with E-state index >= 15 is 0 Å². The number of rotatable bonds is 1. The molecule has 0 aliphatic carbocycles. The molecule has 0 radical (unpaired) electrons. The van der Waals surface area contributed by atoms with Gasteiger partial charge in [-0.05, 0) is 48.5 Å². The number of hydrogen-bond donors (Lipinski definition) is 1. The molecule has 0 saturated heterocycles. The lowest BCUT2D eigenvalue weighted by Crippen LogP contribution is -2.27. The van der Waals surface area contributed by atoms with Crippen molar-refractivity contribution in [2.45, 2.75) is 6.18 Å². The Balaban J connectivity index is 1.98. The molecule has 132 valence electrons. The van der Waals surface area contributed by atoms with E-state index in [1.807, 2.05) is 0 Å². The van der Waals surface area contributed by atoms with Crippen LogP contribution in [0.4, 0.5) is 22.0 Å². The Morgan fingerprint density at radius 1 is 0.885 bits per heavy atom. The molecule has 0 amide bonds. The topological polar surface area (TPSA) is 41.9 Å². The van der Waals surface area contributed by atoms with Gasteiger partial charge in [-0.3, -0.25) is 0 Å². The molecule has 2 heterocycles. The van der Waals surface area contributed by atoms with Crippen molar-refractivity contribution in [3.63, 3.8) is 0 Å². The first-order chi connectivity index (χ1) is 12.3. The Morgan fingerprint density at radius 3 is 2.19 bits per heavy atom. The molecule has 4 rings (SSSR count). The summed E-state index contributed by atoms with van der Waals surface area (Å²) in [5.74, 6) is -1.42. The molecular formula is C17H9F5N3O+. The average molecular weight is 366 g/mol. The number of benzene rings is 2. The highest BCUT2D eigenvalue weighted by Crippen LogP contribution is 2.29. The highest BCUT2D eigenvalue weighted by Gasteiger charge is 2.30. The van der Waals surface area contributed by atoms with Gasteiger partial charge in [-0.25, -0.2) is 13.6 Å². The van der Waals surface area contributed by atoms with Crippen LogP contribution in [0.5, 0.6) is 0 Å². The van der Waals surface area contributed by atoms with E-state index in [2.05, 4.69) is 5.21 Å². The molecule has 0 unspecified atom stereocenters. The number of nitrogens with one attached hydrogen (secondary N) is 1. The summed E-state index contributed by atoms with van der Waals surface area (Å²) in [6.07, 6.45) is -4.50. The number of halogens is 5. The Kier molecular flexibility index (Phi) is 3.36. The summed E-state index contributed by atoms with van der Waals surface area (Å²) in [5.41, 5.74) is -1.52. The van der Waals surface area contributed by atoms with Crippen LogP contribution in [-0.2, 0) is 6.18 Å². The molecule has 1 N–H and O–H groups in total. The van der Waals surface area contributed by atoms with Crippen LogP contribution in [0.25, 0.3) is 22.1 Å². The summed E-state index contributed by atoms with van der Waals surface area (Å²) in [4.78, 5) is 12.5. The van der Waals surface area contributed by atoms with Crippen LogP contribution in [0.2, 0.25) is 0 Å². The van der Waals surface area contributed by atoms with E-state index in [1.165, 1.54) is 12.1 Å². The van der Waals surface area contributed by atoms with Crippen LogP contribution >= 0.6 is 0 Å². The second kappa shape index (κ2) is 5.38. The molecule has 4 aromatic rings. The molecule has 0 fully saturated rings. The quantitative estimate of drug-likeness (QED) is 0.407. The van der Waals surface area contributed by atoms with Crippen LogP contribution in [0.3, 0.4) is 0 Å². The average Bonchev–Trinajstić information content (AvgIpc) is 2.94. The van der Waals surface area contributed by atoms with Crippen LogP contribution in [0, 0.1) is 11.6 Å². The molecule has 0 spiro atoms. The normalized spacial score (nSPS) is 12.2. The Labute approximate surface area is 141 Å². The lowest BCUT2D eigenvalue weighted by molar-refractivity contribution is -0.556. The third-order valence-electron chi connectivity index (χ3n) is 4.06. The van der Waals surface area contributed by atoms with Gasteiger partial charge in [0.1, 0.15) is 5.82 Å². The molecule has 0 atom stereocenters. The number of H-pyrrole nitrogens is 1. The van der Waals surface area contributed by atoms with Gasteiger partial charge in [-0.2, -0.15) is 13.2 Å². The van der Waals surface area contributed by atoms with Gasteiger partial charge in [-0.15, -0.1) is 4.52 Å². The minimum absolute atomic E-state index is 0.0156. The summed E-state index contributed by atoms with van der Waals surface area (Å²) >= 11 is 0. The largest absolute Gasteiger partial charge is 0.416 e. The number of nitrogens with zero attached hydrogens (tertiary/aromatic N) is 2. The summed E-state index contributed by atoms with van der Waals surface area (Å²) in [5, 5.41) is 2.54. The maximum atomic E-state index is 14.2. The summed E-state index contributed by atoms with van der Waals surface area (Å²) < 4.78 is 68.1. The zero-order chi connectivity index (χ0) is 18.6. The predicted molar refractivity (Wildman–Crippen MR) is 82.0 cm³/mol. The van der Waals surface area contributed by atoms with E-state index in [4.69, 9.17) is 0 Å². The maximum Gasteiger partial charge on any atom is 0.416 e. The van der Waals surface area contributed by atoms with Crippen LogP contribution in [0.15, 0.2) is 53.3 Å². The second-order valence-electron chi connectivity index (χ2n) is 5.63. The molecule has 4 nitrogen and oxygen atoms in total. The first kappa shape index (κ1) is 16.2. The molecule has 9 heteroatoms. The molecule has 0 bridgehead atoms. The molecular weight excluding hydrogens is 357 g/mol. The van der Waals surface area contributed by atoms with E-state index in [-0.39, 0.29) is 22.1 Å². The Hall–Kier alpha value is -3.23. The molecule has 26 heavy (non-hydrogen) atoms. The Morgan fingerprint density at radius 2 is 1.54 bits per heavy atom. The van der Waals surface area contributed by atoms with Gasteiger partial charge in [0.15, 0.2) is 17.0 Å². The van der Waals surface area contributed by atoms with E-state index in [0.29, 0.717) is 0 Å². The van der Waals surface area contributed by atoms with Crippen molar-refractivity contribution in [1.82, 2.24) is 9.90 Å². The van der Waals surface area contributed by atoms with Gasteiger partial charge in [0.05, 0.1) is 10.9 Å². The van der Waals surface area contributed by atoms with Gasteiger partial charge in [-0.1, -0.05) is 9.90 Å². The summed E-state index contributed by atoms with van der Waals surface area (Å²) in [6.45, 7) is 0. The molecule has 2 aromatic heterocycles. The van der Waals surface area contributed by atoms with Crippen molar-refractivity contribution < 1.29 is 26.5 Å². The lowest BCUT2D eigenvalue weighted by atomic mass is 10.2. The minimum Gasteiger partial charge on any atom is -0.234 e. The highest BCUT2D eigenvalue weighted by atomic mass is 19.4. The first-order valence-electron chi connectivity index (χ1n) is 7.38. The molecule has 0 aliphatic rings. The fourth-order valence-corrected chi connectivity index (χ4v) is 2.81. The number of alkyl halides is 3. The van der Waals surface area contributed by atoms with Gasteiger partial charge in [0.25, 0.3) is 0 Å². The summed E-state index contributed by atoms with van der Waals surface area (Å²) in [6, 6.07) is 8.36. The van der Waals surface area contributed by atoms with E-state index in [9.17, 15) is 26.7 Å². The van der Waals surface area contributed by atoms with Crippen molar-refractivity contribution in [2.75, 3.05) is 0 Å². The minimum atomic E-state index is -4.50. The zero-order valence-corrected chi connectivity index (χ0v) is 12.8. The molecule has 2 aromatic carbocycles. The highest BCUT2D eigenvalue weighted by molar-refractivity contribution is 5.78. The Bertz CT molecular complexity index is 1210. The number of hydrogen-bond acceptors (Lipinski definition) is 1. The zero-order valence-electron chi connectivity index (χ0n) is 12.8. The fraction of sp³-hybridized carbons (Fsp3) is 0.0588. The predicted octanol–water partition coefficient (Wildman–Crippen LogP) is 3.35. The lowest BCUT2D eigenvalue weighted by Gasteiger charge is -2.05. The first-order valence-corrected chi connectivity index (χ1v) is 7.38. The van der Waals surface area contributed by atoms with Gasteiger partial charge in [0.2, 0.25) is 5.52 Å². The van der Waals surface area contributed by atoms with E-state index in [0.717, 1.165) is 45.6 Å². The third-order valence-corrected chi connectivity index (χ3v) is 4.06. The second-order valence-corrected chi connectivity index (χ2v) is 5.63. The van der Waals surface area contributed by atoms with Crippen LogP contribution in [-0.4, -0.2) is 9.90 Å².